The van der Waals surface area contributed by atoms with Crippen LogP contribution in [0.25, 0.3) is 11.3 Å². The molecule has 0 saturated heterocycles. The zero-order valence-corrected chi connectivity index (χ0v) is 16.4. The summed E-state index contributed by atoms with van der Waals surface area (Å²) >= 11 is 7.38. The largest absolute Gasteiger partial charge is 0.484 e. The van der Waals surface area contributed by atoms with E-state index >= 15 is 0 Å². The average Bonchev–Trinajstić information content (AvgIpc) is 3.06. The number of carbonyl (C=O) groups excluding carboxylic acids is 1. The standard InChI is InChI=1S/C20H19ClN2O2S/c1-12-4-5-13(2)16(8-12)18-11-26-20(22-18)23-19(24)10-25-15-6-7-17(21)14(3)9-15/h4-9,11H,10H2,1-3H3,(H,22,23,24). The highest BCUT2D eigenvalue weighted by Crippen LogP contribution is 2.28. The van der Waals surface area contributed by atoms with Crippen LogP contribution in [0.4, 0.5) is 5.13 Å². The van der Waals surface area contributed by atoms with Gasteiger partial charge in [0.15, 0.2) is 11.7 Å². The van der Waals surface area contributed by atoms with E-state index in [0.29, 0.717) is 15.9 Å². The molecule has 6 heteroatoms. The Kier molecular flexibility index (Phi) is 5.59. The van der Waals surface area contributed by atoms with Crippen LogP contribution in [0.3, 0.4) is 0 Å². The molecule has 0 aliphatic rings. The summed E-state index contributed by atoms with van der Waals surface area (Å²) in [7, 11) is 0. The third-order valence-electron chi connectivity index (χ3n) is 3.92. The molecule has 26 heavy (non-hydrogen) atoms. The van der Waals surface area contributed by atoms with Crippen LogP contribution in [-0.4, -0.2) is 17.5 Å². The number of thiazole rings is 1. The van der Waals surface area contributed by atoms with Crippen molar-refractivity contribution in [2.75, 3.05) is 11.9 Å². The van der Waals surface area contributed by atoms with Gasteiger partial charge in [0.25, 0.3) is 5.91 Å². The average molecular weight is 387 g/mol. The minimum atomic E-state index is -0.250. The number of hydrogen-bond acceptors (Lipinski definition) is 4. The van der Waals surface area contributed by atoms with Crippen molar-refractivity contribution in [2.24, 2.45) is 0 Å². The lowest BCUT2D eigenvalue weighted by atomic mass is 10.0. The van der Waals surface area contributed by atoms with Crippen molar-refractivity contribution >= 4 is 34.0 Å². The molecule has 0 saturated carbocycles. The van der Waals surface area contributed by atoms with Crippen molar-refractivity contribution in [2.45, 2.75) is 20.8 Å². The number of nitrogens with zero attached hydrogens (tertiary/aromatic N) is 1. The van der Waals surface area contributed by atoms with Crippen LogP contribution in [0.1, 0.15) is 16.7 Å². The Morgan fingerprint density at radius 1 is 1.15 bits per heavy atom. The van der Waals surface area contributed by atoms with Crippen LogP contribution in [-0.2, 0) is 4.79 Å². The van der Waals surface area contributed by atoms with Gasteiger partial charge in [0, 0.05) is 16.0 Å². The summed E-state index contributed by atoms with van der Waals surface area (Å²) in [6.07, 6.45) is 0. The fourth-order valence-electron chi connectivity index (χ4n) is 2.48. The molecule has 0 aliphatic heterocycles. The number of rotatable bonds is 5. The van der Waals surface area contributed by atoms with E-state index in [4.69, 9.17) is 16.3 Å². The normalized spacial score (nSPS) is 10.6. The quantitative estimate of drug-likeness (QED) is 0.638. The first-order valence-electron chi connectivity index (χ1n) is 8.14. The van der Waals surface area contributed by atoms with E-state index in [1.807, 2.05) is 26.2 Å². The number of nitrogens with one attached hydrogen (secondary N) is 1. The van der Waals surface area contributed by atoms with Crippen LogP contribution in [0.5, 0.6) is 5.75 Å². The molecule has 0 atom stereocenters. The molecule has 0 unspecified atom stereocenters. The lowest BCUT2D eigenvalue weighted by Crippen LogP contribution is -2.20. The third kappa shape index (κ3) is 4.42. The predicted octanol–water partition coefficient (Wildman–Crippen LogP) is 5.41. The number of aromatic nitrogens is 1. The van der Waals surface area contributed by atoms with Crippen LogP contribution in [0.2, 0.25) is 5.02 Å². The maximum atomic E-state index is 12.1. The van der Waals surface area contributed by atoms with Gasteiger partial charge in [0.2, 0.25) is 0 Å². The first-order valence-corrected chi connectivity index (χ1v) is 9.40. The van der Waals surface area contributed by atoms with Gasteiger partial charge in [0.1, 0.15) is 5.75 Å². The van der Waals surface area contributed by atoms with E-state index in [9.17, 15) is 4.79 Å². The molecule has 3 rings (SSSR count). The first-order chi connectivity index (χ1) is 12.4. The van der Waals surface area contributed by atoms with Gasteiger partial charge in [0.05, 0.1) is 5.69 Å². The molecule has 1 heterocycles. The summed E-state index contributed by atoms with van der Waals surface area (Å²) in [6.45, 7) is 5.90. The zero-order valence-electron chi connectivity index (χ0n) is 14.8. The van der Waals surface area contributed by atoms with Crippen molar-refractivity contribution in [1.82, 2.24) is 4.98 Å². The molecule has 0 fully saturated rings. The van der Waals surface area contributed by atoms with Crippen LogP contribution in [0.15, 0.2) is 41.8 Å². The Balaban J connectivity index is 1.62. The number of hydrogen-bond donors (Lipinski definition) is 1. The smallest absolute Gasteiger partial charge is 0.264 e. The number of benzene rings is 2. The summed E-state index contributed by atoms with van der Waals surface area (Å²) in [5.74, 6) is 0.358. The minimum Gasteiger partial charge on any atom is -0.484 e. The fraction of sp³-hybridized carbons (Fsp3) is 0.200. The Morgan fingerprint density at radius 2 is 1.96 bits per heavy atom. The summed E-state index contributed by atoms with van der Waals surface area (Å²) < 4.78 is 5.51. The number of carbonyl (C=O) groups is 1. The van der Waals surface area contributed by atoms with Gasteiger partial charge in [-0.05, 0) is 56.2 Å². The summed E-state index contributed by atoms with van der Waals surface area (Å²) in [4.78, 5) is 16.6. The van der Waals surface area contributed by atoms with Crippen molar-refractivity contribution in [3.05, 3.63) is 63.5 Å². The lowest BCUT2D eigenvalue weighted by Gasteiger charge is -2.07. The highest BCUT2D eigenvalue weighted by molar-refractivity contribution is 7.14. The van der Waals surface area contributed by atoms with E-state index in [1.165, 1.54) is 16.9 Å². The molecular weight excluding hydrogens is 368 g/mol. The number of ether oxygens (including phenoxy) is 1. The van der Waals surface area contributed by atoms with Gasteiger partial charge in [-0.25, -0.2) is 4.98 Å². The SMILES string of the molecule is Cc1ccc(C)c(-c2csc(NC(=O)COc3ccc(Cl)c(C)c3)n2)c1. The van der Waals surface area contributed by atoms with Crippen molar-refractivity contribution in [3.63, 3.8) is 0 Å². The second-order valence-corrected chi connectivity index (χ2v) is 7.37. The van der Waals surface area contributed by atoms with Gasteiger partial charge in [-0.1, -0.05) is 29.3 Å². The Labute approximate surface area is 161 Å². The van der Waals surface area contributed by atoms with Gasteiger partial charge >= 0.3 is 0 Å². The first kappa shape index (κ1) is 18.4. The van der Waals surface area contributed by atoms with Gasteiger partial charge in [-0.2, -0.15) is 0 Å². The molecule has 1 aromatic heterocycles. The van der Waals surface area contributed by atoms with Crippen molar-refractivity contribution in [3.8, 4) is 17.0 Å². The third-order valence-corrected chi connectivity index (χ3v) is 5.10. The molecule has 3 aromatic rings. The van der Waals surface area contributed by atoms with Crippen LogP contribution >= 0.6 is 22.9 Å². The van der Waals surface area contributed by atoms with Crippen molar-refractivity contribution in [1.29, 1.82) is 0 Å². The monoisotopic (exact) mass is 386 g/mol. The van der Waals surface area contributed by atoms with E-state index in [-0.39, 0.29) is 12.5 Å². The number of anilines is 1. The van der Waals surface area contributed by atoms with E-state index in [1.54, 1.807) is 18.2 Å². The van der Waals surface area contributed by atoms with Crippen LogP contribution in [0, 0.1) is 20.8 Å². The second-order valence-electron chi connectivity index (χ2n) is 6.10. The van der Waals surface area contributed by atoms with E-state index < -0.39 is 0 Å². The van der Waals surface area contributed by atoms with Gasteiger partial charge < -0.3 is 4.74 Å². The minimum absolute atomic E-state index is 0.0839. The number of amides is 1. The number of aryl methyl sites for hydroxylation is 3. The highest BCUT2D eigenvalue weighted by atomic mass is 35.5. The molecule has 1 N–H and O–H groups in total. The zero-order chi connectivity index (χ0) is 18.7. The van der Waals surface area contributed by atoms with E-state index in [2.05, 4.69) is 28.5 Å². The summed E-state index contributed by atoms with van der Waals surface area (Å²) in [5.41, 5.74) is 5.18. The Morgan fingerprint density at radius 3 is 2.73 bits per heavy atom. The van der Waals surface area contributed by atoms with E-state index in [0.717, 1.165) is 22.4 Å². The lowest BCUT2D eigenvalue weighted by molar-refractivity contribution is -0.118. The number of halogens is 1. The maximum Gasteiger partial charge on any atom is 0.264 e. The summed E-state index contributed by atoms with van der Waals surface area (Å²) in [5, 5.41) is 5.95. The molecule has 0 radical (unpaired) electrons. The summed E-state index contributed by atoms with van der Waals surface area (Å²) in [6, 6.07) is 11.5. The highest BCUT2D eigenvalue weighted by Gasteiger charge is 2.11. The molecule has 4 nitrogen and oxygen atoms in total. The van der Waals surface area contributed by atoms with Crippen LogP contribution < -0.4 is 10.1 Å². The fourth-order valence-corrected chi connectivity index (χ4v) is 3.32. The molecule has 134 valence electrons. The van der Waals surface area contributed by atoms with Gasteiger partial charge in [-0.3, -0.25) is 10.1 Å². The molecule has 0 spiro atoms. The molecule has 0 bridgehead atoms. The maximum absolute atomic E-state index is 12.1. The van der Waals surface area contributed by atoms with Gasteiger partial charge in [-0.15, -0.1) is 11.3 Å². The molecule has 1 amide bonds. The molecule has 0 aliphatic carbocycles. The molecular formula is C20H19ClN2O2S. The topological polar surface area (TPSA) is 51.2 Å². The van der Waals surface area contributed by atoms with Crippen molar-refractivity contribution < 1.29 is 9.53 Å². The molecule has 2 aromatic carbocycles. The predicted molar refractivity (Wildman–Crippen MR) is 107 cm³/mol. The Bertz CT molecular complexity index is 953. The Hall–Kier alpha value is -2.37. The second kappa shape index (κ2) is 7.89.